The molecule has 1 aromatic carbocycles. The van der Waals surface area contributed by atoms with E-state index in [-0.39, 0.29) is 17.2 Å². The van der Waals surface area contributed by atoms with Gasteiger partial charge in [0.1, 0.15) is 12.4 Å². The van der Waals surface area contributed by atoms with Crippen molar-refractivity contribution >= 4 is 16.7 Å². The molecule has 2 aromatic rings. The van der Waals surface area contributed by atoms with Gasteiger partial charge in [-0.1, -0.05) is 27.2 Å². The van der Waals surface area contributed by atoms with Crippen LogP contribution in [0.2, 0.25) is 0 Å². The number of benzene rings is 1. The summed E-state index contributed by atoms with van der Waals surface area (Å²) in [7, 11) is 0. The third-order valence-corrected chi connectivity index (χ3v) is 11.2. The van der Waals surface area contributed by atoms with Crippen molar-refractivity contribution in [1.29, 1.82) is 0 Å². The van der Waals surface area contributed by atoms with Crippen LogP contribution in [0.4, 0.5) is 4.39 Å². The Morgan fingerprint density at radius 3 is 2.70 bits per heavy atom. The Balaban J connectivity index is 1.22. The summed E-state index contributed by atoms with van der Waals surface area (Å²) >= 11 is 0. The lowest BCUT2D eigenvalue weighted by molar-refractivity contribution is -0.137. The van der Waals surface area contributed by atoms with Crippen LogP contribution in [0.3, 0.4) is 0 Å². The predicted octanol–water partition coefficient (Wildman–Crippen LogP) is 7.04. The predicted molar refractivity (Wildman–Crippen MR) is 129 cm³/mol. The molecule has 1 aromatic heterocycles. The first-order chi connectivity index (χ1) is 15.8. The minimum absolute atomic E-state index is 0.137. The van der Waals surface area contributed by atoms with Gasteiger partial charge in [0.2, 0.25) is 0 Å². The number of fused-ring (bicyclic) bond motifs is 6. The molecule has 0 bridgehead atoms. The minimum atomic E-state index is -0.257. The van der Waals surface area contributed by atoms with Crippen molar-refractivity contribution in [3.63, 3.8) is 0 Å². The zero-order valence-electron chi connectivity index (χ0n) is 20.5. The van der Waals surface area contributed by atoms with Gasteiger partial charge in [-0.2, -0.15) is 5.10 Å². The standard InChI is InChI=1S/C29H39FN2O/c1-18-10-12-28(2)20(14-18)4-6-22-23-7-8-25(29(23,3)13-11-24(22)28)27(33)17-32-26-9-5-21(30)15-19(26)16-31-32/h5,9,15-16,18,20,22-25H,4,6-8,10-14,17H2,1-3H3/t18?,20?,22-,23?,24?,25+,28?,29?/m0/s1. The van der Waals surface area contributed by atoms with Gasteiger partial charge < -0.3 is 0 Å². The Labute approximate surface area is 197 Å². The molecule has 33 heavy (non-hydrogen) atoms. The van der Waals surface area contributed by atoms with Crippen LogP contribution in [0.1, 0.15) is 78.6 Å². The van der Waals surface area contributed by atoms with Gasteiger partial charge in [0.25, 0.3) is 0 Å². The molecule has 3 nitrogen and oxygen atoms in total. The number of carbonyl (C=O) groups is 1. The van der Waals surface area contributed by atoms with E-state index in [9.17, 15) is 9.18 Å². The first-order valence-corrected chi connectivity index (χ1v) is 13.4. The number of nitrogens with zero attached hydrogens (tertiary/aromatic N) is 2. The van der Waals surface area contributed by atoms with Crippen molar-refractivity contribution < 1.29 is 9.18 Å². The van der Waals surface area contributed by atoms with Gasteiger partial charge in [-0.05, 0) is 110 Å². The van der Waals surface area contributed by atoms with Crippen LogP contribution in [-0.4, -0.2) is 15.6 Å². The number of hydrogen-bond donors (Lipinski definition) is 0. The first-order valence-electron chi connectivity index (χ1n) is 13.4. The van der Waals surface area contributed by atoms with E-state index < -0.39 is 0 Å². The van der Waals surface area contributed by atoms with E-state index in [0.29, 0.717) is 23.7 Å². The number of aromatic nitrogens is 2. The van der Waals surface area contributed by atoms with E-state index in [1.807, 2.05) is 0 Å². The maximum Gasteiger partial charge on any atom is 0.157 e. The summed E-state index contributed by atoms with van der Waals surface area (Å²) in [6.45, 7) is 7.84. The summed E-state index contributed by atoms with van der Waals surface area (Å²) in [5, 5.41) is 5.20. The molecule has 4 heteroatoms. The molecule has 0 amide bonds. The normalized spacial score (nSPS) is 42.5. The molecule has 0 saturated heterocycles. The Morgan fingerprint density at radius 1 is 1.06 bits per heavy atom. The largest absolute Gasteiger partial charge is 0.297 e. The van der Waals surface area contributed by atoms with Gasteiger partial charge >= 0.3 is 0 Å². The van der Waals surface area contributed by atoms with Crippen molar-refractivity contribution in [3.8, 4) is 0 Å². The molecule has 0 aliphatic heterocycles. The Morgan fingerprint density at radius 2 is 1.85 bits per heavy atom. The van der Waals surface area contributed by atoms with E-state index in [4.69, 9.17) is 0 Å². The molecular formula is C29H39FN2O. The average molecular weight is 451 g/mol. The molecule has 6 unspecified atom stereocenters. The summed E-state index contributed by atoms with van der Waals surface area (Å²) in [5.41, 5.74) is 1.52. The quantitative estimate of drug-likeness (QED) is 0.503. The number of halogens is 1. The van der Waals surface area contributed by atoms with E-state index in [0.717, 1.165) is 41.0 Å². The van der Waals surface area contributed by atoms with Gasteiger partial charge in [0, 0.05) is 11.3 Å². The molecule has 4 saturated carbocycles. The molecule has 178 valence electrons. The third-order valence-electron chi connectivity index (χ3n) is 11.2. The fourth-order valence-corrected chi connectivity index (χ4v) is 9.44. The van der Waals surface area contributed by atoms with Gasteiger partial charge in [-0.3, -0.25) is 9.48 Å². The van der Waals surface area contributed by atoms with E-state index in [1.54, 1.807) is 16.9 Å². The SMILES string of the molecule is CC1CCC2(C)C(CC[C@@H]3C2CCC2(C)C3CC[C@@H]2C(=O)Cn2ncc3cc(F)ccc32)C1. The van der Waals surface area contributed by atoms with Crippen LogP contribution < -0.4 is 0 Å². The third kappa shape index (κ3) is 3.26. The maximum absolute atomic E-state index is 13.6. The monoisotopic (exact) mass is 450 g/mol. The summed E-state index contributed by atoms with van der Waals surface area (Å²) in [4.78, 5) is 13.6. The molecular weight excluding hydrogens is 411 g/mol. The number of hydrogen-bond acceptors (Lipinski definition) is 2. The van der Waals surface area contributed by atoms with Crippen molar-refractivity contribution in [2.75, 3.05) is 0 Å². The van der Waals surface area contributed by atoms with Crippen LogP contribution in [0, 0.1) is 52.2 Å². The average Bonchev–Trinajstić information content (AvgIpc) is 3.34. The van der Waals surface area contributed by atoms with E-state index in [2.05, 4.69) is 25.9 Å². The van der Waals surface area contributed by atoms with Crippen molar-refractivity contribution in [2.45, 2.75) is 85.1 Å². The van der Waals surface area contributed by atoms with Crippen LogP contribution in [0.25, 0.3) is 10.9 Å². The zero-order chi connectivity index (χ0) is 23.0. The molecule has 1 heterocycles. The van der Waals surface area contributed by atoms with Crippen molar-refractivity contribution in [1.82, 2.24) is 9.78 Å². The number of rotatable bonds is 3. The van der Waals surface area contributed by atoms with Crippen LogP contribution >= 0.6 is 0 Å². The fourth-order valence-electron chi connectivity index (χ4n) is 9.44. The molecule has 4 aliphatic carbocycles. The molecule has 0 radical (unpaired) electrons. The van der Waals surface area contributed by atoms with Crippen molar-refractivity contribution in [3.05, 3.63) is 30.2 Å². The first kappa shape index (κ1) is 21.8. The molecule has 4 aliphatic rings. The highest BCUT2D eigenvalue weighted by Crippen LogP contribution is 2.67. The summed E-state index contributed by atoms with van der Waals surface area (Å²) < 4.78 is 15.4. The molecule has 4 fully saturated rings. The van der Waals surface area contributed by atoms with Gasteiger partial charge in [0.15, 0.2) is 5.78 Å². The van der Waals surface area contributed by atoms with E-state index >= 15 is 0 Å². The second-order valence-corrected chi connectivity index (χ2v) is 12.7. The highest BCUT2D eigenvalue weighted by molar-refractivity contribution is 5.85. The lowest BCUT2D eigenvalue weighted by Gasteiger charge is -2.61. The molecule has 8 atom stereocenters. The highest BCUT2D eigenvalue weighted by Gasteiger charge is 2.60. The molecule has 0 spiro atoms. The summed E-state index contributed by atoms with van der Waals surface area (Å²) in [6.07, 6.45) is 13.5. The number of carbonyl (C=O) groups excluding carboxylic acids is 1. The minimum Gasteiger partial charge on any atom is -0.297 e. The lowest BCUT2D eigenvalue weighted by Crippen LogP contribution is -2.53. The second-order valence-electron chi connectivity index (χ2n) is 12.7. The van der Waals surface area contributed by atoms with E-state index in [1.165, 1.54) is 63.5 Å². The Kier molecular flexibility index (Phi) is 5.05. The Bertz CT molecular complexity index is 1080. The maximum atomic E-state index is 13.6. The van der Waals surface area contributed by atoms with Gasteiger partial charge in [-0.15, -0.1) is 0 Å². The van der Waals surface area contributed by atoms with Crippen LogP contribution in [0.5, 0.6) is 0 Å². The van der Waals surface area contributed by atoms with Crippen LogP contribution in [0.15, 0.2) is 24.4 Å². The zero-order valence-corrected chi connectivity index (χ0v) is 20.5. The topological polar surface area (TPSA) is 34.9 Å². The highest BCUT2D eigenvalue weighted by atomic mass is 19.1. The van der Waals surface area contributed by atoms with Gasteiger partial charge in [0.05, 0.1) is 11.7 Å². The number of Topliss-reactive ketones (excluding diaryl/α,β-unsaturated/α-hetero) is 1. The second kappa shape index (κ2) is 7.65. The summed E-state index contributed by atoms with van der Waals surface area (Å²) in [5.74, 6) is 4.41. The molecule has 0 N–H and O–H groups in total. The Hall–Kier alpha value is -1.71. The van der Waals surface area contributed by atoms with Crippen LogP contribution in [-0.2, 0) is 11.3 Å². The lowest BCUT2D eigenvalue weighted by atomic mass is 9.44. The van der Waals surface area contributed by atoms with Gasteiger partial charge in [-0.25, -0.2) is 4.39 Å². The number of ketones is 1. The summed E-state index contributed by atoms with van der Waals surface area (Å²) in [6, 6.07) is 4.71. The van der Waals surface area contributed by atoms with Crippen molar-refractivity contribution in [2.24, 2.45) is 46.3 Å². The molecule has 6 rings (SSSR count). The smallest absolute Gasteiger partial charge is 0.157 e. The fraction of sp³-hybridized carbons (Fsp3) is 0.724.